The van der Waals surface area contributed by atoms with Crippen LogP contribution in [0.3, 0.4) is 0 Å². The molecule has 1 heterocycles. The number of aromatic nitrogens is 1. The molecule has 0 N–H and O–H groups in total. The highest BCUT2D eigenvalue weighted by atomic mass is 79.9. The van der Waals surface area contributed by atoms with Crippen molar-refractivity contribution in [1.29, 1.82) is 0 Å². The normalized spacial score (nSPS) is 13.4. The van der Waals surface area contributed by atoms with Crippen molar-refractivity contribution in [3.63, 3.8) is 0 Å². The summed E-state index contributed by atoms with van der Waals surface area (Å²) in [5.74, 6) is 0. The van der Waals surface area contributed by atoms with Crippen molar-refractivity contribution in [3.8, 4) is 0 Å². The van der Waals surface area contributed by atoms with Gasteiger partial charge >= 0.3 is 0 Å². The summed E-state index contributed by atoms with van der Waals surface area (Å²) < 4.78 is 36.8. The molecule has 1 rings (SSSR count). The van der Waals surface area contributed by atoms with Gasteiger partial charge in [-0.25, -0.2) is 13.2 Å². The van der Waals surface area contributed by atoms with E-state index < -0.39 is 12.6 Å². The molecule has 1 aromatic heterocycles. The fourth-order valence-corrected chi connectivity index (χ4v) is 1.05. The number of hydrogen-bond donors (Lipinski definition) is 0. The van der Waals surface area contributed by atoms with Crippen molar-refractivity contribution in [3.05, 3.63) is 28.5 Å². The molecule has 0 aliphatic rings. The average Bonchev–Trinajstić information content (AvgIpc) is 2.03. The maximum Gasteiger partial charge on any atom is 0.275 e. The van der Waals surface area contributed by atoms with Gasteiger partial charge in [0.05, 0.1) is 5.69 Å². The summed E-state index contributed by atoms with van der Waals surface area (Å²) in [7, 11) is 0. The third-order valence-electron chi connectivity index (χ3n) is 1.25. The molecule has 1 nitrogen and oxygen atoms in total. The van der Waals surface area contributed by atoms with Crippen LogP contribution in [0.15, 0.2) is 22.8 Å². The van der Waals surface area contributed by atoms with Gasteiger partial charge in [0.25, 0.3) is 6.43 Å². The summed E-state index contributed by atoms with van der Waals surface area (Å²) in [4.78, 5) is 3.48. The van der Waals surface area contributed by atoms with Gasteiger partial charge in [0.2, 0.25) is 6.17 Å². The molecule has 0 amide bonds. The first-order valence-electron chi connectivity index (χ1n) is 3.15. The molecule has 1 atom stereocenters. The predicted molar refractivity (Wildman–Crippen MR) is 41.8 cm³/mol. The van der Waals surface area contributed by atoms with E-state index in [2.05, 4.69) is 20.9 Å². The van der Waals surface area contributed by atoms with Crippen LogP contribution in [0.5, 0.6) is 0 Å². The summed E-state index contributed by atoms with van der Waals surface area (Å²) in [5, 5.41) is 0. The van der Waals surface area contributed by atoms with Gasteiger partial charge in [-0.15, -0.1) is 0 Å². The number of pyridine rings is 1. The number of halogens is 4. The zero-order valence-corrected chi connectivity index (χ0v) is 7.43. The van der Waals surface area contributed by atoms with Crippen LogP contribution < -0.4 is 0 Å². The molecule has 1 aromatic rings. The molecule has 12 heavy (non-hydrogen) atoms. The summed E-state index contributed by atoms with van der Waals surface area (Å²) in [6.07, 6.45) is -4.05. The highest BCUT2D eigenvalue weighted by Gasteiger charge is 2.22. The maximum atomic E-state index is 12.6. The zero-order valence-electron chi connectivity index (χ0n) is 5.85. The molecule has 0 fully saturated rings. The molecule has 66 valence electrons. The van der Waals surface area contributed by atoms with Crippen molar-refractivity contribution < 1.29 is 13.2 Å². The van der Waals surface area contributed by atoms with E-state index in [-0.39, 0.29) is 5.69 Å². The summed E-state index contributed by atoms with van der Waals surface area (Å²) >= 11 is 3.03. The van der Waals surface area contributed by atoms with E-state index in [1.165, 1.54) is 12.3 Å². The quantitative estimate of drug-likeness (QED) is 0.773. The Morgan fingerprint density at radius 2 is 2.00 bits per heavy atom. The van der Waals surface area contributed by atoms with Gasteiger partial charge in [0, 0.05) is 10.7 Å². The number of nitrogens with zero attached hydrogens (tertiary/aromatic N) is 1. The SMILES string of the molecule is FC(F)C(F)c1cc(Br)ccn1. The Morgan fingerprint density at radius 1 is 1.33 bits per heavy atom. The molecule has 0 aliphatic heterocycles. The second kappa shape index (κ2) is 3.89. The molecule has 0 saturated carbocycles. The summed E-state index contributed by atoms with van der Waals surface area (Å²) in [6.45, 7) is 0. The second-order valence-corrected chi connectivity index (χ2v) is 3.05. The Balaban J connectivity index is 2.88. The number of hydrogen-bond acceptors (Lipinski definition) is 1. The maximum absolute atomic E-state index is 12.6. The first-order chi connectivity index (χ1) is 5.61. The van der Waals surface area contributed by atoms with Crippen LogP contribution in [0.4, 0.5) is 13.2 Å². The molecule has 0 aliphatic carbocycles. The minimum atomic E-state index is -3.02. The van der Waals surface area contributed by atoms with Crippen LogP contribution in [-0.2, 0) is 0 Å². The van der Waals surface area contributed by atoms with Gasteiger partial charge in [-0.3, -0.25) is 4.98 Å². The second-order valence-electron chi connectivity index (χ2n) is 2.14. The Kier molecular flexibility index (Phi) is 3.08. The lowest BCUT2D eigenvalue weighted by Crippen LogP contribution is -2.04. The topological polar surface area (TPSA) is 12.9 Å². The van der Waals surface area contributed by atoms with Gasteiger partial charge in [0.1, 0.15) is 0 Å². The van der Waals surface area contributed by atoms with E-state index in [0.717, 1.165) is 0 Å². The molecule has 5 heteroatoms. The fraction of sp³-hybridized carbons (Fsp3) is 0.286. The lowest BCUT2D eigenvalue weighted by molar-refractivity contribution is 0.0472. The molecule has 0 bridgehead atoms. The predicted octanol–water partition coefficient (Wildman–Crippen LogP) is 3.12. The highest BCUT2D eigenvalue weighted by molar-refractivity contribution is 9.10. The fourth-order valence-electron chi connectivity index (χ4n) is 0.701. The van der Waals surface area contributed by atoms with Crippen molar-refractivity contribution in [2.24, 2.45) is 0 Å². The Bertz CT molecular complexity index is 267. The zero-order chi connectivity index (χ0) is 9.14. The van der Waals surface area contributed by atoms with Crippen molar-refractivity contribution in [2.45, 2.75) is 12.6 Å². The first-order valence-corrected chi connectivity index (χ1v) is 3.94. The number of rotatable bonds is 2. The van der Waals surface area contributed by atoms with Crippen LogP contribution in [0.25, 0.3) is 0 Å². The van der Waals surface area contributed by atoms with E-state index in [9.17, 15) is 13.2 Å². The molecule has 0 spiro atoms. The molecular weight excluding hydrogens is 235 g/mol. The van der Waals surface area contributed by atoms with E-state index in [1.807, 2.05) is 0 Å². The minimum Gasteiger partial charge on any atom is -0.258 e. The van der Waals surface area contributed by atoms with Crippen molar-refractivity contribution in [1.82, 2.24) is 4.98 Å². The van der Waals surface area contributed by atoms with Gasteiger partial charge in [-0.05, 0) is 12.1 Å². The monoisotopic (exact) mass is 239 g/mol. The molecule has 0 saturated heterocycles. The standard InChI is InChI=1S/C7H5BrF3N/c8-4-1-2-12-5(3-4)6(9)7(10)11/h1-3,6-7H. The highest BCUT2D eigenvalue weighted by Crippen LogP contribution is 2.24. The van der Waals surface area contributed by atoms with Crippen molar-refractivity contribution >= 4 is 15.9 Å². The minimum absolute atomic E-state index is 0.251. The van der Waals surface area contributed by atoms with Gasteiger partial charge < -0.3 is 0 Å². The lowest BCUT2D eigenvalue weighted by Gasteiger charge is -2.05. The van der Waals surface area contributed by atoms with Crippen molar-refractivity contribution in [2.75, 3.05) is 0 Å². The third kappa shape index (κ3) is 2.20. The van der Waals surface area contributed by atoms with Gasteiger partial charge in [-0.1, -0.05) is 15.9 Å². The lowest BCUT2D eigenvalue weighted by atomic mass is 10.2. The Morgan fingerprint density at radius 3 is 2.50 bits per heavy atom. The van der Waals surface area contributed by atoms with Crippen LogP contribution >= 0.6 is 15.9 Å². The third-order valence-corrected chi connectivity index (χ3v) is 1.74. The number of alkyl halides is 3. The summed E-state index contributed by atoms with van der Waals surface area (Å²) in [6, 6.07) is 2.78. The first kappa shape index (κ1) is 9.51. The van der Waals surface area contributed by atoms with Crippen LogP contribution in [0, 0.1) is 0 Å². The van der Waals surface area contributed by atoms with Gasteiger partial charge in [-0.2, -0.15) is 0 Å². The largest absolute Gasteiger partial charge is 0.275 e. The average molecular weight is 240 g/mol. The van der Waals surface area contributed by atoms with E-state index in [1.54, 1.807) is 6.07 Å². The van der Waals surface area contributed by atoms with Crippen LogP contribution in [0.2, 0.25) is 0 Å². The van der Waals surface area contributed by atoms with Crippen LogP contribution in [0.1, 0.15) is 11.9 Å². The molecule has 0 radical (unpaired) electrons. The van der Waals surface area contributed by atoms with E-state index in [4.69, 9.17) is 0 Å². The Hall–Kier alpha value is -0.580. The van der Waals surface area contributed by atoms with E-state index in [0.29, 0.717) is 4.47 Å². The van der Waals surface area contributed by atoms with E-state index >= 15 is 0 Å². The molecule has 0 aromatic carbocycles. The summed E-state index contributed by atoms with van der Waals surface area (Å²) in [5.41, 5.74) is -0.251. The molecular formula is C7H5BrF3N. The van der Waals surface area contributed by atoms with Crippen LogP contribution in [-0.4, -0.2) is 11.4 Å². The van der Waals surface area contributed by atoms with Gasteiger partial charge in [0.15, 0.2) is 0 Å². The smallest absolute Gasteiger partial charge is 0.258 e. The Labute approximate surface area is 75.7 Å². The molecule has 1 unspecified atom stereocenters.